The third-order valence-electron chi connectivity index (χ3n) is 4.07. The molecule has 1 atom stereocenters. The standard InChI is InChI=1S/C17H22N4O/c1-21(2)16-6-5-12(10-13(16)4-3-9-22)14-11-15-17(20-14)19-8-7-18-15/h5-8,10,14,22H,3-4,9,11H2,1-2H3,(H,19,20). The number of anilines is 2. The van der Waals surface area contributed by atoms with Gasteiger partial charge >= 0.3 is 0 Å². The van der Waals surface area contributed by atoms with Gasteiger partial charge in [-0.1, -0.05) is 12.1 Å². The van der Waals surface area contributed by atoms with Crippen LogP contribution in [0.15, 0.2) is 30.6 Å². The number of benzene rings is 1. The number of nitrogens with one attached hydrogen (secondary N) is 1. The van der Waals surface area contributed by atoms with Gasteiger partial charge in [0.2, 0.25) is 0 Å². The van der Waals surface area contributed by atoms with Crippen LogP contribution in [0.2, 0.25) is 0 Å². The molecule has 0 saturated carbocycles. The molecule has 2 aromatic rings. The molecular formula is C17H22N4O. The first-order chi connectivity index (χ1) is 10.7. The summed E-state index contributed by atoms with van der Waals surface area (Å²) in [6.07, 6.45) is 5.99. The molecule has 0 aliphatic carbocycles. The first-order valence-corrected chi connectivity index (χ1v) is 7.66. The monoisotopic (exact) mass is 298 g/mol. The molecule has 116 valence electrons. The second kappa shape index (κ2) is 6.32. The summed E-state index contributed by atoms with van der Waals surface area (Å²) in [7, 11) is 4.10. The second-order valence-corrected chi connectivity index (χ2v) is 5.86. The van der Waals surface area contributed by atoms with Crippen LogP contribution in [0.4, 0.5) is 11.5 Å². The van der Waals surface area contributed by atoms with Gasteiger partial charge in [0.1, 0.15) is 5.82 Å². The van der Waals surface area contributed by atoms with Crippen molar-refractivity contribution in [3.05, 3.63) is 47.4 Å². The van der Waals surface area contributed by atoms with Crippen LogP contribution in [0.25, 0.3) is 0 Å². The van der Waals surface area contributed by atoms with Gasteiger partial charge in [-0.3, -0.25) is 4.98 Å². The van der Waals surface area contributed by atoms with E-state index in [9.17, 15) is 0 Å². The number of nitrogens with zero attached hydrogens (tertiary/aromatic N) is 3. The van der Waals surface area contributed by atoms with Gasteiger partial charge in [0.25, 0.3) is 0 Å². The van der Waals surface area contributed by atoms with Crippen LogP contribution in [0.3, 0.4) is 0 Å². The van der Waals surface area contributed by atoms with E-state index in [1.54, 1.807) is 12.4 Å². The van der Waals surface area contributed by atoms with E-state index in [0.717, 1.165) is 30.8 Å². The first kappa shape index (κ1) is 14.8. The molecule has 0 amide bonds. The number of hydrogen-bond acceptors (Lipinski definition) is 5. The maximum Gasteiger partial charge on any atom is 0.148 e. The molecule has 0 saturated heterocycles. The Morgan fingerprint density at radius 1 is 1.27 bits per heavy atom. The van der Waals surface area contributed by atoms with E-state index < -0.39 is 0 Å². The van der Waals surface area contributed by atoms with Gasteiger partial charge in [0, 0.05) is 45.2 Å². The minimum atomic E-state index is 0.220. The molecule has 22 heavy (non-hydrogen) atoms. The maximum absolute atomic E-state index is 9.11. The van der Waals surface area contributed by atoms with E-state index >= 15 is 0 Å². The normalized spacial score (nSPS) is 16.2. The van der Waals surface area contributed by atoms with Gasteiger partial charge < -0.3 is 15.3 Å². The molecule has 0 bridgehead atoms. The molecular weight excluding hydrogens is 276 g/mol. The third kappa shape index (κ3) is 2.90. The van der Waals surface area contributed by atoms with Crippen LogP contribution in [-0.2, 0) is 12.8 Å². The van der Waals surface area contributed by atoms with E-state index in [-0.39, 0.29) is 12.6 Å². The zero-order valence-corrected chi connectivity index (χ0v) is 13.1. The number of fused-ring (bicyclic) bond motifs is 1. The molecule has 5 heteroatoms. The van der Waals surface area contributed by atoms with Gasteiger partial charge in [0.15, 0.2) is 0 Å². The lowest BCUT2D eigenvalue weighted by Crippen LogP contribution is -2.13. The molecule has 1 aromatic carbocycles. The van der Waals surface area contributed by atoms with Crippen LogP contribution in [0.5, 0.6) is 0 Å². The fourth-order valence-corrected chi connectivity index (χ4v) is 2.98. The van der Waals surface area contributed by atoms with Crippen molar-refractivity contribution in [3.8, 4) is 0 Å². The fraction of sp³-hybridized carbons (Fsp3) is 0.412. The number of rotatable bonds is 5. The Balaban J connectivity index is 1.86. The first-order valence-electron chi connectivity index (χ1n) is 7.66. The summed E-state index contributed by atoms with van der Waals surface area (Å²) in [5.74, 6) is 0.890. The zero-order chi connectivity index (χ0) is 15.5. The number of aromatic nitrogens is 2. The van der Waals surface area contributed by atoms with Crippen molar-refractivity contribution in [1.29, 1.82) is 0 Å². The molecule has 0 fully saturated rings. The minimum Gasteiger partial charge on any atom is -0.396 e. The summed E-state index contributed by atoms with van der Waals surface area (Å²) in [4.78, 5) is 10.8. The van der Waals surface area contributed by atoms with Crippen molar-refractivity contribution in [2.75, 3.05) is 30.9 Å². The predicted molar refractivity (Wildman–Crippen MR) is 88.3 cm³/mol. The Kier molecular flexibility index (Phi) is 4.24. The molecule has 0 spiro atoms. The van der Waals surface area contributed by atoms with Gasteiger partial charge in [0.05, 0.1) is 11.7 Å². The highest BCUT2D eigenvalue weighted by Gasteiger charge is 2.24. The summed E-state index contributed by atoms with van der Waals surface area (Å²) >= 11 is 0. The van der Waals surface area contributed by atoms with Crippen LogP contribution in [0, 0.1) is 0 Å². The zero-order valence-electron chi connectivity index (χ0n) is 13.1. The van der Waals surface area contributed by atoms with Crippen molar-refractivity contribution < 1.29 is 5.11 Å². The molecule has 1 unspecified atom stereocenters. The Labute approximate surface area is 131 Å². The molecule has 3 rings (SSSR count). The lowest BCUT2D eigenvalue weighted by Gasteiger charge is -2.20. The average Bonchev–Trinajstić information content (AvgIpc) is 2.96. The van der Waals surface area contributed by atoms with E-state index in [1.807, 2.05) is 0 Å². The number of hydrogen-bond donors (Lipinski definition) is 2. The van der Waals surface area contributed by atoms with Crippen LogP contribution in [-0.4, -0.2) is 35.8 Å². The Hall–Kier alpha value is -2.14. The van der Waals surface area contributed by atoms with Gasteiger partial charge in [-0.15, -0.1) is 0 Å². The number of aliphatic hydroxyl groups excluding tert-OH is 1. The second-order valence-electron chi connectivity index (χ2n) is 5.86. The van der Waals surface area contributed by atoms with Crippen molar-refractivity contribution in [2.24, 2.45) is 0 Å². The lowest BCUT2D eigenvalue weighted by molar-refractivity contribution is 0.288. The van der Waals surface area contributed by atoms with E-state index in [1.165, 1.54) is 16.8 Å². The molecule has 2 N–H and O–H groups in total. The van der Waals surface area contributed by atoms with Gasteiger partial charge in [-0.25, -0.2) is 4.98 Å². The van der Waals surface area contributed by atoms with Crippen molar-refractivity contribution >= 4 is 11.5 Å². The quantitative estimate of drug-likeness (QED) is 0.886. The highest BCUT2D eigenvalue weighted by Crippen LogP contribution is 2.33. The summed E-state index contributed by atoms with van der Waals surface area (Å²) in [5.41, 5.74) is 4.76. The summed E-state index contributed by atoms with van der Waals surface area (Å²) in [5, 5.41) is 12.6. The molecule has 2 heterocycles. The maximum atomic E-state index is 9.11. The predicted octanol–water partition coefficient (Wildman–Crippen LogP) is 2.18. The van der Waals surface area contributed by atoms with Gasteiger partial charge in [-0.2, -0.15) is 0 Å². The van der Waals surface area contributed by atoms with Crippen LogP contribution >= 0.6 is 0 Å². The highest BCUT2D eigenvalue weighted by atomic mass is 16.2. The lowest BCUT2D eigenvalue weighted by atomic mass is 9.98. The van der Waals surface area contributed by atoms with Crippen molar-refractivity contribution in [2.45, 2.75) is 25.3 Å². The minimum absolute atomic E-state index is 0.220. The molecule has 1 aliphatic heterocycles. The van der Waals surface area contributed by atoms with E-state index in [4.69, 9.17) is 5.11 Å². The number of aryl methyl sites for hydroxylation is 1. The average molecular weight is 298 g/mol. The molecule has 1 aliphatic rings. The van der Waals surface area contributed by atoms with E-state index in [0.29, 0.717) is 0 Å². The third-order valence-corrected chi connectivity index (χ3v) is 4.07. The van der Waals surface area contributed by atoms with Crippen molar-refractivity contribution in [3.63, 3.8) is 0 Å². The largest absolute Gasteiger partial charge is 0.396 e. The highest BCUT2D eigenvalue weighted by molar-refractivity contribution is 5.57. The molecule has 0 radical (unpaired) electrons. The topological polar surface area (TPSA) is 61.3 Å². The Bertz CT molecular complexity index is 632. The summed E-state index contributed by atoms with van der Waals surface area (Å²) < 4.78 is 0. The van der Waals surface area contributed by atoms with Crippen molar-refractivity contribution in [1.82, 2.24) is 9.97 Å². The Morgan fingerprint density at radius 2 is 2.09 bits per heavy atom. The number of aliphatic hydroxyl groups is 1. The summed E-state index contributed by atoms with van der Waals surface area (Å²) in [6.45, 7) is 0.220. The Morgan fingerprint density at radius 3 is 2.82 bits per heavy atom. The fourth-order valence-electron chi connectivity index (χ4n) is 2.98. The smallest absolute Gasteiger partial charge is 0.148 e. The SMILES string of the molecule is CN(C)c1ccc(C2Cc3nccnc3N2)cc1CCCO. The van der Waals surface area contributed by atoms with Gasteiger partial charge in [-0.05, 0) is 30.0 Å². The van der Waals surface area contributed by atoms with Crippen LogP contribution < -0.4 is 10.2 Å². The van der Waals surface area contributed by atoms with Crippen LogP contribution in [0.1, 0.15) is 29.3 Å². The molecule has 5 nitrogen and oxygen atoms in total. The van der Waals surface area contributed by atoms with E-state index in [2.05, 4.69) is 52.5 Å². The molecule has 1 aromatic heterocycles. The summed E-state index contributed by atoms with van der Waals surface area (Å²) in [6, 6.07) is 6.80.